The number of hydrogen-bond donors (Lipinski definition) is 1. The van der Waals surface area contributed by atoms with Crippen LogP contribution < -0.4 is 10.2 Å². The molecule has 2 amide bonds. The summed E-state index contributed by atoms with van der Waals surface area (Å²) in [6, 6.07) is 9.63. The number of rotatable bonds is 7. The summed E-state index contributed by atoms with van der Waals surface area (Å²) in [5.41, 5.74) is 0.565. The minimum Gasteiger partial charge on any atom is -0.312 e. The summed E-state index contributed by atoms with van der Waals surface area (Å²) < 4.78 is 27.4. The molecule has 30 heavy (non-hydrogen) atoms. The average molecular weight is 495 g/mol. The zero-order valence-electron chi connectivity index (χ0n) is 16.7. The molecule has 0 bridgehead atoms. The van der Waals surface area contributed by atoms with Crippen molar-refractivity contribution in [2.24, 2.45) is 5.92 Å². The van der Waals surface area contributed by atoms with E-state index in [-0.39, 0.29) is 29.7 Å². The van der Waals surface area contributed by atoms with Crippen LogP contribution in [0, 0.1) is 5.92 Å². The summed E-state index contributed by atoms with van der Waals surface area (Å²) in [5.74, 6) is -0.554. The molecule has 0 saturated carbocycles. The predicted molar refractivity (Wildman–Crippen MR) is 118 cm³/mol. The van der Waals surface area contributed by atoms with Crippen LogP contribution >= 0.6 is 15.9 Å². The molecule has 1 aromatic heterocycles. The van der Waals surface area contributed by atoms with Crippen LogP contribution in [0.3, 0.4) is 0 Å². The third-order valence-corrected chi connectivity index (χ3v) is 7.50. The maximum atomic E-state index is 12.6. The number of hydrogen-bond acceptors (Lipinski definition) is 5. The van der Waals surface area contributed by atoms with Gasteiger partial charge in [-0.15, -0.1) is 0 Å². The molecular weight excluding hydrogens is 472 g/mol. The number of nitrogens with zero attached hydrogens (tertiary/aromatic N) is 3. The summed E-state index contributed by atoms with van der Waals surface area (Å²) in [5, 5.41) is 2.72. The molecule has 1 aliphatic rings. The lowest BCUT2D eigenvalue weighted by atomic mass is 10.1. The Balaban J connectivity index is 1.70. The van der Waals surface area contributed by atoms with Gasteiger partial charge in [-0.1, -0.05) is 13.8 Å². The fourth-order valence-electron chi connectivity index (χ4n) is 3.32. The smallest absolute Gasteiger partial charge is 0.243 e. The molecule has 1 saturated heterocycles. The maximum absolute atomic E-state index is 12.6. The molecule has 0 aliphatic carbocycles. The fraction of sp³-hybridized carbons (Fsp3) is 0.350. The van der Waals surface area contributed by atoms with E-state index in [1.165, 1.54) is 21.3 Å². The SMILES string of the molecule is CCN(CC)S(=O)(=O)c1ccc(N2CC(C(=O)Nc3ccc(Br)cn3)CC2=O)cc1. The van der Waals surface area contributed by atoms with Crippen molar-refractivity contribution in [1.82, 2.24) is 9.29 Å². The molecular formula is C20H23BrN4O4S. The van der Waals surface area contributed by atoms with E-state index in [2.05, 4.69) is 26.2 Å². The number of anilines is 2. The van der Waals surface area contributed by atoms with E-state index in [9.17, 15) is 18.0 Å². The van der Waals surface area contributed by atoms with Gasteiger partial charge in [-0.2, -0.15) is 4.31 Å². The van der Waals surface area contributed by atoms with E-state index >= 15 is 0 Å². The standard InChI is InChI=1S/C20H23BrN4O4S/c1-3-24(4-2)30(28,29)17-8-6-16(7-9-17)25-13-14(11-19(25)26)20(27)23-18-10-5-15(21)12-22-18/h5-10,12,14H,3-4,11,13H2,1-2H3,(H,22,23,27). The lowest BCUT2D eigenvalue weighted by Crippen LogP contribution is -2.31. The zero-order valence-corrected chi connectivity index (χ0v) is 19.1. The first-order valence-electron chi connectivity index (χ1n) is 9.59. The fourth-order valence-corrected chi connectivity index (χ4v) is 5.01. The van der Waals surface area contributed by atoms with Crippen LogP contribution in [0.25, 0.3) is 0 Å². The Kier molecular flexibility index (Phi) is 6.89. The Morgan fingerprint density at radius 1 is 1.20 bits per heavy atom. The van der Waals surface area contributed by atoms with Crippen molar-refractivity contribution >= 4 is 49.3 Å². The topological polar surface area (TPSA) is 99.7 Å². The van der Waals surface area contributed by atoms with Gasteiger partial charge in [-0.3, -0.25) is 9.59 Å². The van der Waals surface area contributed by atoms with Crippen LogP contribution in [0.2, 0.25) is 0 Å². The van der Waals surface area contributed by atoms with Crippen molar-refractivity contribution in [3.8, 4) is 0 Å². The van der Waals surface area contributed by atoms with E-state index in [0.717, 1.165) is 4.47 Å². The molecule has 1 atom stereocenters. The van der Waals surface area contributed by atoms with Crippen LogP contribution in [0.15, 0.2) is 52.0 Å². The third-order valence-electron chi connectivity index (χ3n) is 4.97. The van der Waals surface area contributed by atoms with Gasteiger partial charge in [0.2, 0.25) is 21.8 Å². The summed E-state index contributed by atoms with van der Waals surface area (Å²) in [7, 11) is -3.56. The number of pyridine rings is 1. The number of amides is 2. The van der Waals surface area contributed by atoms with Crippen molar-refractivity contribution in [1.29, 1.82) is 0 Å². The predicted octanol–water partition coefficient (Wildman–Crippen LogP) is 2.87. The zero-order chi connectivity index (χ0) is 21.9. The largest absolute Gasteiger partial charge is 0.312 e. The first-order chi connectivity index (χ1) is 14.3. The van der Waals surface area contributed by atoms with E-state index in [1.54, 1.807) is 44.3 Å². The first kappa shape index (κ1) is 22.4. The lowest BCUT2D eigenvalue weighted by molar-refractivity contribution is -0.122. The molecule has 8 nitrogen and oxygen atoms in total. The lowest BCUT2D eigenvalue weighted by Gasteiger charge is -2.20. The van der Waals surface area contributed by atoms with Crippen molar-refractivity contribution in [3.05, 3.63) is 47.1 Å². The maximum Gasteiger partial charge on any atom is 0.243 e. The highest BCUT2D eigenvalue weighted by atomic mass is 79.9. The van der Waals surface area contributed by atoms with Crippen LogP contribution in [0.1, 0.15) is 20.3 Å². The Morgan fingerprint density at radius 3 is 2.43 bits per heavy atom. The highest BCUT2D eigenvalue weighted by Crippen LogP contribution is 2.27. The van der Waals surface area contributed by atoms with Crippen molar-refractivity contribution in [3.63, 3.8) is 0 Å². The molecule has 2 aromatic rings. The number of halogens is 1. The van der Waals surface area contributed by atoms with Gasteiger partial charge in [-0.25, -0.2) is 13.4 Å². The Bertz CT molecular complexity index is 1020. The highest BCUT2D eigenvalue weighted by molar-refractivity contribution is 9.10. The number of carbonyl (C=O) groups excluding carboxylic acids is 2. The second-order valence-corrected chi connectivity index (χ2v) is 9.69. The molecule has 1 unspecified atom stereocenters. The molecule has 160 valence electrons. The molecule has 1 aliphatic heterocycles. The van der Waals surface area contributed by atoms with Crippen molar-refractivity contribution < 1.29 is 18.0 Å². The van der Waals surface area contributed by atoms with E-state index in [1.807, 2.05) is 0 Å². The Hall–Kier alpha value is -2.30. The Labute approximate surface area is 184 Å². The molecule has 0 radical (unpaired) electrons. The first-order valence-corrected chi connectivity index (χ1v) is 11.8. The van der Waals surface area contributed by atoms with Gasteiger partial charge in [0.25, 0.3) is 0 Å². The quantitative estimate of drug-likeness (QED) is 0.637. The minimum absolute atomic E-state index is 0.0852. The van der Waals surface area contributed by atoms with Gasteiger partial charge in [0.05, 0.1) is 10.8 Å². The van der Waals surface area contributed by atoms with Gasteiger partial charge in [-0.05, 0) is 52.3 Å². The van der Waals surface area contributed by atoms with E-state index in [0.29, 0.717) is 24.6 Å². The number of sulfonamides is 1. The normalized spacial score (nSPS) is 16.9. The monoisotopic (exact) mass is 494 g/mol. The number of benzene rings is 1. The molecule has 2 heterocycles. The number of carbonyl (C=O) groups is 2. The minimum atomic E-state index is -3.56. The molecule has 0 spiro atoms. The molecule has 10 heteroatoms. The molecule has 1 aromatic carbocycles. The second kappa shape index (κ2) is 9.23. The van der Waals surface area contributed by atoms with Gasteiger partial charge in [0.1, 0.15) is 5.82 Å². The summed E-state index contributed by atoms with van der Waals surface area (Å²) in [4.78, 5) is 30.8. The Morgan fingerprint density at radius 2 is 1.87 bits per heavy atom. The average Bonchev–Trinajstić information content (AvgIpc) is 3.12. The van der Waals surface area contributed by atoms with Crippen LogP contribution in [0.5, 0.6) is 0 Å². The third kappa shape index (κ3) is 4.71. The number of nitrogens with one attached hydrogen (secondary N) is 1. The van der Waals surface area contributed by atoms with Gasteiger partial charge < -0.3 is 10.2 Å². The second-order valence-electron chi connectivity index (χ2n) is 6.84. The molecule has 3 rings (SSSR count). The summed E-state index contributed by atoms with van der Waals surface area (Å²) in [6.45, 7) is 4.56. The summed E-state index contributed by atoms with van der Waals surface area (Å²) in [6.07, 6.45) is 1.66. The van der Waals surface area contributed by atoms with Crippen LogP contribution in [-0.4, -0.2) is 49.2 Å². The van der Waals surface area contributed by atoms with E-state index < -0.39 is 15.9 Å². The van der Waals surface area contributed by atoms with Crippen molar-refractivity contribution in [2.75, 3.05) is 29.9 Å². The highest BCUT2D eigenvalue weighted by Gasteiger charge is 2.35. The van der Waals surface area contributed by atoms with Gasteiger partial charge in [0.15, 0.2) is 0 Å². The summed E-state index contributed by atoms with van der Waals surface area (Å²) >= 11 is 3.29. The number of aromatic nitrogens is 1. The van der Waals surface area contributed by atoms with Gasteiger partial charge >= 0.3 is 0 Å². The van der Waals surface area contributed by atoms with E-state index in [4.69, 9.17) is 0 Å². The molecule has 1 fully saturated rings. The van der Waals surface area contributed by atoms with Crippen molar-refractivity contribution in [2.45, 2.75) is 25.2 Å². The van der Waals surface area contributed by atoms with Gasteiger partial charge in [0, 0.05) is 42.4 Å². The van der Waals surface area contributed by atoms with Crippen LogP contribution in [-0.2, 0) is 19.6 Å². The van der Waals surface area contributed by atoms with Crippen LogP contribution in [0.4, 0.5) is 11.5 Å². The molecule has 1 N–H and O–H groups in total.